The van der Waals surface area contributed by atoms with E-state index in [1.54, 1.807) is 6.07 Å². The molecule has 4 rings (SSSR count). The fourth-order valence-corrected chi connectivity index (χ4v) is 3.90. The van der Waals surface area contributed by atoms with Crippen LogP contribution in [0.4, 0.5) is 9.18 Å². The van der Waals surface area contributed by atoms with Crippen LogP contribution < -0.4 is 5.32 Å². The number of fused-ring (bicyclic) bond motifs is 1. The zero-order chi connectivity index (χ0) is 16.7. The van der Waals surface area contributed by atoms with Gasteiger partial charge in [-0.05, 0) is 31.9 Å². The number of nitrogens with one attached hydrogen (secondary N) is 1. The van der Waals surface area contributed by atoms with Gasteiger partial charge in [0, 0.05) is 37.0 Å². The summed E-state index contributed by atoms with van der Waals surface area (Å²) in [5.41, 5.74) is 1.44. The maximum absolute atomic E-state index is 13.3. The summed E-state index contributed by atoms with van der Waals surface area (Å²) >= 11 is 0. The lowest BCUT2D eigenvalue weighted by molar-refractivity contribution is 0.0763. The van der Waals surface area contributed by atoms with Gasteiger partial charge in [-0.2, -0.15) is 0 Å². The quantitative estimate of drug-likeness (QED) is 0.938. The van der Waals surface area contributed by atoms with Crippen molar-refractivity contribution in [2.45, 2.75) is 31.8 Å². The summed E-state index contributed by atoms with van der Waals surface area (Å²) in [5.74, 6) is 0.00572. The fraction of sp³-hybridized carbons (Fsp3) is 0.529. The minimum atomic E-state index is -0.307. The van der Waals surface area contributed by atoms with E-state index in [1.165, 1.54) is 12.1 Å². The molecule has 0 radical (unpaired) electrons. The second kappa shape index (κ2) is 6.05. The molecule has 1 aromatic carbocycles. The molecule has 2 saturated heterocycles. The molecular weight excluding hydrogens is 311 g/mol. The lowest BCUT2D eigenvalue weighted by Gasteiger charge is -2.38. The Bertz CT molecular complexity index is 754. The van der Waals surface area contributed by atoms with Crippen molar-refractivity contribution >= 4 is 17.0 Å². The molecule has 0 saturated carbocycles. The number of nitrogens with zero attached hydrogens (tertiary/aromatic N) is 3. The van der Waals surface area contributed by atoms with Gasteiger partial charge in [-0.25, -0.2) is 9.18 Å². The van der Waals surface area contributed by atoms with Crippen LogP contribution in [0.5, 0.6) is 0 Å². The number of halogens is 1. The number of aromatic nitrogens is 1. The molecule has 2 aromatic rings. The fourth-order valence-electron chi connectivity index (χ4n) is 3.90. The van der Waals surface area contributed by atoms with E-state index in [1.807, 2.05) is 11.8 Å². The number of hydrogen-bond donors (Lipinski definition) is 1. The van der Waals surface area contributed by atoms with E-state index < -0.39 is 0 Å². The highest BCUT2D eigenvalue weighted by molar-refractivity contribution is 5.80. The van der Waals surface area contributed by atoms with Gasteiger partial charge in [0.1, 0.15) is 12.0 Å². The Hall–Kier alpha value is -2.15. The molecular formula is C17H21FN4O2. The number of amides is 2. The maximum atomic E-state index is 13.3. The molecule has 1 unspecified atom stereocenters. The van der Waals surface area contributed by atoms with Gasteiger partial charge in [-0.3, -0.25) is 4.90 Å². The molecule has 2 amide bonds. The number of hydrogen-bond acceptors (Lipinski definition) is 4. The van der Waals surface area contributed by atoms with E-state index in [0.717, 1.165) is 43.6 Å². The van der Waals surface area contributed by atoms with Crippen LogP contribution in [0.3, 0.4) is 0 Å². The molecule has 2 fully saturated rings. The maximum Gasteiger partial charge on any atom is 0.318 e. The smallest absolute Gasteiger partial charge is 0.318 e. The molecule has 0 spiro atoms. The Morgan fingerprint density at radius 1 is 1.38 bits per heavy atom. The van der Waals surface area contributed by atoms with Gasteiger partial charge < -0.3 is 14.7 Å². The minimum absolute atomic E-state index is 0.0224. The largest absolute Gasteiger partial charge is 0.356 e. The Kier molecular flexibility index (Phi) is 3.88. The van der Waals surface area contributed by atoms with Gasteiger partial charge in [0.05, 0.1) is 12.2 Å². The van der Waals surface area contributed by atoms with Crippen LogP contribution in [-0.4, -0.2) is 53.3 Å². The zero-order valence-electron chi connectivity index (χ0n) is 13.7. The summed E-state index contributed by atoms with van der Waals surface area (Å²) < 4.78 is 18.6. The van der Waals surface area contributed by atoms with E-state index in [2.05, 4.69) is 15.4 Å². The Labute approximate surface area is 139 Å². The Morgan fingerprint density at radius 3 is 2.92 bits per heavy atom. The lowest BCUT2D eigenvalue weighted by Crippen LogP contribution is -2.49. The molecule has 3 heterocycles. The molecule has 24 heavy (non-hydrogen) atoms. The first kappa shape index (κ1) is 15.4. The minimum Gasteiger partial charge on any atom is -0.356 e. The summed E-state index contributed by atoms with van der Waals surface area (Å²) in [6.45, 7) is 5.23. The zero-order valence-corrected chi connectivity index (χ0v) is 13.7. The monoisotopic (exact) mass is 332 g/mol. The van der Waals surface area contributed by atoms with E-state index >= 15 is 0 Å². The predicted molar refractivity (Wildman–Crippen MR) is 87.1 cm³/mol. The first-order valence-electron chi connectivity index (χ1n) is 8.50. The number of likely N-dealkylation sites (N-methyl/N-ethyl adjacent to an activating group) is 1. The third kappa shape index (κ3) is 2.53. The molecule has 0 bridgehead atoms. The highest BCUT2D eigenvalue weighted by atomic mass is 19.1. The average molecular weight is 332 g/mol. The lowest BCUT2D eigenvalue weighted by atomic mass is 9.91. The number of piperidine rings is 1. The molecule has 128 valence electrons. The van der Waals surface area contributed by atoms with E-state index in [9.17, 15) is 9.18 Å². The first-order chi connectivity index (χ1) is 11.7. The van der Waals surface area contributed by atoms with Crippen LogP contribution in [0, 0.1) is 5.82 Å². The van der Waals surface area contributed by atoms with Crippen molar-refractivity contribution in [2.75, 3.05) is 26.2 Å². The van der Waals surface area contributed by atoms with Crippen molar-refractivity contribution in [1.29, 1.82) is 0 Å². The number of carbonyl (C=O) groups is 1. The van der Waals surface area contributed by atoms with Crippen molar-refractivity contribution in [2.24, 2.45) is 0 Å². The van der Waals surface area contributed by atoms with E-state index in [-0.39, 0.29) is 18.0 Å². The number of rotatable bonds is 3. The van der Waals surface area contributed by atoms with Gasteiger partial charge in [-0.15, -0.1) is 0 Å². The van der Waals surface area contributed by atoms with Crippen LogP contribution >= 0.6 is 0 Å². The van der Waals surface area contributed by atoms with Crippen molar-refractivity contribution < 1.29 is 13.7 Å². The molecule has 0 aliphatic carbocycles. The van der Waals surface area contributed by atoms with Crippen LogP contribution in [0.2, 0.25) is 0 Å². The molecule has 1 aromatic heterocycles. The van der Waals surface area contributed by atoms with Crippen molar-refractivity contribution in [1.82, 2.24) is 20.3 Å². The van der Waals surface area contributed by atoms with Gasteiger partial charge in [-0.1, -0.05) is 5.16 Å². The van der Waals surface area contributed by atoms with Crippen LogP contribution in [-0.2, 0) is 0 Å². The van der Waals surface area contributed by atoms with Crippen molar-refractivity contribution in [3.05, 3.63) is 29.7 Å². The second-order valence-corrected chi connectivity index (χ2v) is 6.47. The second-order valence-electron chi connectivity index (χ2n) is 6.47. The number of likely N-dealkylation sites (tertiary alicyclic amines) is 1. The van der Waals surface area contributed by atoms with Gasteiger partial charge in [0.25, 0.3) is 0 Å². The van der Waals surface area contributed by atoms with E-state index in [4.69, 9.17) is 4.52 Å². The predicted octanol–water partition coefficient (Wildman–Crippen LogP) is 2.52. The highest BCUT2D eigenvalue weighted by Crippen LogP contribution is 2.33. The molecule has 1 atom stereocenters. The van der Waals surface area contributed by atoms with Crippen LogP contribution in [0.15, 0.2) is 22.7 Å². The summed E-state index contributed by atoms with van der Waals surface area (Å²) in [7, 11) is 0. The Balaban J connectivity index is 1.47. The van der Waals surface area contributed by atoms with Gasteiger partial charge >= 0.3 is 6.03 Å². The SMILES string of the molecule is CCN1C(=O)NCC1N1CCC(c2noc3cc(F)ccc23)CC1. The molecule has 2 aliphatic rings. The standard InChI is InChI=1S/C17H21FN4O2/c1-2-22-15(10-19-17(22)23)21-7-5-11(6-8-21)16-13-4-3-12(18)9-14(13)24-20-16/h3-4,9,11,15H,2,5-8,10H2,1H3,(H,19,23). The van der Waals surface area contributed by atoms with Gasteiger partial charge in [0.15, 0.2) is 5.58 Å². The summed E-state index contributed by atoms with van der Waals surface area (Å²) in [6.07, 6.45) is 2.06. The third-order valence-corrected chi connectivity index (χ3v) is 5.20. The van der Waals surface area contributed by atoms with Crippen molar-refractivity contribution in [3.63, 3.8) is 0 Å². The molecule has 7 heteroatoms. The highest BCUT2D eigenvalue weighted by Gasteiger charge is 2.36. The summed E-state index contributed by atoms with van der Waals surface area (Å²) in [6, 6.07) is 4.61. The number of carbonyl (C=O) groups excluding carboxylic acids is 1. The topological polar surface area (TPSA) is 61.6 Å². The van der Waals surface area contributed by atoms with Crippen LogP contribution in [0.25, 0.3) is 11.0 Å². The number of urea groups is 1. The normalized spacial score (nSPS) is 23.2. The molecule has 6 nitrogen and oxygen atoms in total. The van der Waals surface area contributed by atoms with Gasteiger partial charge in [0.2, 0.25) is 0 Å². The van der Waals surface area contributed by atoms with Crippen molar-refractivity contribution in [3.8, 4) is 0 Å². The van der Waals surface area contributed by atoms with E-state index in [0.29, 0.717) is 18.0 Å². The first-order valence-corrected chi connectivity index (χ1v) is 8.50. The summed E-state index contributed by atoms with van der Waals surface area (Å²) in [4.78, 5) is 16.1. The van der Waals surface area contributed by atoms with Crippen LogP contribution in [0.1, 0.15) is 31.4 Å². The summed E-state index contributed by atoms with van der Waals surface area (Å²) in [5, 5.41) is 8.01. The third-order valence-electron chi connectivity index (χ3n) is 5.20. The number of benzene rings is 1. The molecule has 2 aliphatic heterocycles. The molecule has 1 N–H and O–H groups in total. The average Bonchev–Trinajstić information content (AvgIpc) is 3.17. The Morgan fingerprint density at radius 2 is 2.17 bits per heavy atom.